The van der Waals surface area contributed by atoms with Gasteiger partial charge in [-0.2, -0.15) is 0 Å². The van der Waals surface area contributed by atoms with Gasteiger partial charge in [-0.1, -0.05) is 86.0 Å². The molecule has 1 fully saturated rings. The van der Waals surface area contributed by atoms with E-state index in [1.165, 1.54) is 23.1 Å². The van der Waals surface area contributed by atoms with Crippen molar-refractivity contribution in [1.29, 1.82) is 0 Å². The lowest BCUT2D eigenvalue weighted by atomic mass is 10.1. The van der Waals surface area contributed by atoms with Crippen LogP contribution in [0.4, 0.5) is 5.69 Å². The van der Waals surface area contributed by atoms with E-state index in [1.807, 2.05) is 37.3 Å². The van der Waals surface area contributed by atoms with Crippen molar-refractivity contribution >= 4 is 39.1 Å². The minimum atomic E-state index is -4.11. The fourth-order valence-electron chi connectivity index (χ4n) is 5.14. The van der Waals surface area contributed by atoms with Gasteiger partial charge in [0.15, 0.2) is 0 Å². The largest absolute Gasteiger partial charge is 0.352 e. The topological polar surface area (TPSA) is 86.8 Å². The molecule has 1 N–H and O–H groups in total. The predicted molar refractivity (Wildman–Crippen MR) is 159 cm³/mol. The molecule has 40 heavy (non-hydrogen) atoms. The van der Waals surface area contributed by atoms with Gasteiger partial charge in [0.1, 0.15) is 12.6 Å². The molecule has 1 aliphatic carbocycles. The van der Waals surface area contributed by atoms with E-state index in [-0.39, 0.29) is 29.1 Å². The van der Waals surface area contributed by atoms with E-state index in [2.05, 4.69) is 5.32 Å². The molecule has 0 heterocycles. The zero-order chi connectivity index (χ0) is 28.5. The van der Waals surface area contributed by atoms with Gasteiger partial charge in [0, 0.05) is 17.6 Å². The first-order chi connectivity index (χ1) is 19.3. The summed E-state index contributed by atoms with van der Waals surface area (Å²) in [4.78, 5) is 29.1. The van der Waals surface area contributed by atoms with E-state index >= 15 is 0 Å². The number of sulfonamides is 1. The number of nitrogens with zero attached hydrogens (tertiary/aromatic N) is 2. The van der Waals surface area contributed by atoms with Crippen LogP contribution in [0, 0.1) is 0 Å². The maximum Gasteiger partial charge on any atom is 0.264 e. The van der Waals surface area contributed by atoms with E-state index in [4.69, 9.17) is 11.6 Å². The lowest BCUT2D eigenvalue weighted by Crippen LogP contribution is -2.54. The first-order valence-electron chi connectivity index (χ1n) is 13.8. The smallest absolute Gasteiger partial charge is 0.264 e. The summed E-state index contributed by atoms with van der Waals surface area (Å²) in [5.41, 5.74) is 1.30. The van der Waals surface area contributed by atoms with Gasteiger partial charge in [-0.05, 0) is 61.6 Å². The van der Waals surface area contributed by atoms with Crippen molar-refractivity contribution in [1.82, 2.24) is 10.2 Å². The zero-order valence-electron chi connectivity index (χ0n) is 22.7. The maximum absolute atomic E-state index is 14.1. The van der Waals surface area contributed by atoms with Crippen LogP contribution in [0.2, 0.25) is 5.02 Å². The van der Waals surface area contributed by atoms with E-state index in [9.17, 15) is 18.0 Å². The Hall–Kier alpha value is -3.36. The van der Waals surface area contributed by atoms with Crippen LogP contribution in [0.5, 0.6) is 0 Å². The number of anilines is 1. The Morgan fingerprint density at radius 1 is 0.950 bits per heavy atom. The second kappa shape index (κ2) is 13.8. The van der Waals surface area contributed by atoms with Crippen LogP contribution in [0.1, 0.15) is 44.6 Å². The van der Waals surface area contributed by atoms with Crippen molar-refractivity contribution in [3.8, 4) is 0 Å². The summed E-state index contributed by atoms with van der Waals surface area (Å²) in [7, 11) is -4.11. The second-order valence-electron chi connectivity index (χ2n) is 10.0. The number of hydrogen-bond donors (Lipinski definition) is 1. The molecule has 3 aromatic carbocycles. The Bertz CT molecular complexity index is 1380. The predicted octanol–water partition coefficient (Wildman–Crippen LogP) is 5.44. The fourth-order valence-corrected chi connectivity index (χ4v) is 6.75. The molecule has 2 amide bonds. The standard InChI is InChI=1S/C31H36ClN3O4S/c1-2-29(31(37)33-26-15-9-10-16-26)34(21-20-24-12-5-3-6-13-24)30(36)23-35(27-17-11-14-25(32)22-27)40(38,39)28-18-7-4-8-19-28/h3-8,11-14,17-19,22,26,29H,2,9-10,15-16,20-21,23H2,1H3,(H,33,37)/t29-/m1/s1. The highest BCUT2D eigenvalue weighted by molar-refractivity contribution is 7.92. The minimum Gasteiger partial charge on any atom is -0.352 e. The van der Waals surface area contributed by atoms with E-state index in [0.717, 1.165) is 35.6 Å². The van der Waals surface area contributed by atoms with Crippen molar-refractivity contribution < 1.29 is 18.0 Å². The molecule has 0 unspecified atom stereocenters. The van der Waals surface area contributed by atoms with Crippen molar-refractivity contribution in [3.63, 3.8) is 0 Å². The molecule has 0 bridgehead atoms. The third-order valence-corrected chi connectivity index (χ3v) is 9.30. The quantitative estimate of drug-likeness (QED) is 0.308. The summed E-state index contributed by atoms with van der Waals surface area (Å²) in [5.74, 6) is -0.653. The number of halogens is 1. The number of carbonyl (C=O) groups excluding carboxylic acids is 2. The number of rotatable bonds is 12. The first kappa shape index (κ1) is 29.6. The lowest BCUT2D eigenvalue weighted by Gasteiger charge is -2.33. The van der Waals surface area contributed by atoms with Crippen LogP contribution in [0.15, 0.2) is 89.8 Å². The highest BCUT2D eigenvalue weighted by Gasteiger charge is 2.34. The fraction of sp³-hybridized carbons (Fsp3) is 0.355. The molecule has 0 spiro atoms. The van der Waals surface area contributed by atoms with Crippen LogP contribution >= 0.6 is 11.6 Å². The summed E-state index contributed by atoms with van der Waals surface area (Å²) >= 11 is 6.23. The highest BCUT2D eigenvalue weighted by Crippen LogP contribution is 2.27. The Kier molecular flexibility index (Phi) is 10.2. The van der Waals surface area contributed by atoms with Crippen LogP contribution in [-0.2, 0) is 26.0 Å². The van der Waals surface area contributed by atoms with E-state index in [1.54, 1.807) is 36.4 Å². The molecular formula is C31H36ClN3O4S. The number of nitrogens with one attached hydrogen (secondary N) is 1. The van der Waals surface area contributed by atoms with Crippen LogP contribution < -0.4 is 9.62 Å². The van der Waals surface area contributed by atoms with Crippen molar-refractivity contribution in [2.75, 3.05) is 17.4 Å². The van der Waals surface area contributed by atoms with Gasteiger partial charge < -0.3 is 10.2 Å². The Labute approximate surface area is 242 Å². The van der Waals surface area contributed by atoms with Gasteiger partial charge in [0.2, 0.25) is 11.8 Å². The SMILES string of the molecule is CC[C@H](C(=O)NC1CCCC1)N(CCc1ccccc1)C(=O)CN(c1cccc(Cl)c1)S(=O)(=O)c1ccccc1. The molecule has 9 heteroatoms. The number of benzene rings is 3. The molecule has 0 saturated heterocycles. The van der Waals surface area contributed by atoms with Gasteiger partial charge in [-0.15, -0.1) is 0 Å². The lowest BCUT2D eigenvalue weighted by molar-refractivity contribution is -0.139. The molecule has 1 saturated carbocycles. The van der Waals surface area contributed by atoms with Gasteiger partial charge in [0.05, 0.1) is 10.6 Å². The second-order valence-corrected chi connectivity index (χ2v) is 12.3. The monoisotopic (exact) mass is 581 g/mol. The van der Waals surface area contributed by atoms with Crippen molar-refractivity contribution in [2.45, 2.75) is 62.4 Å². The third kappa shape index (κ3) is 7.43. The average molecular weight is 582 g/mol. The van der Waals surface area contributed by atoms with Crippen LogP contribution in [0.3, 0.4) is 0 Å². The van der Waals surface area contributed by atoms with Crippen LogP contribution in [0.25, 0.3) is 0 Å². The normalized spacial score (nSPS) is 14.4. The number of amides is 2. The highest BCUT2D eigenvalue weighted by atomic mass is 35.5. The van der Waals surface area contributed by atoms with Gasteiger partial charge >= 0.3 is 0 Å². The van der Waals surface area contributed by atoms with Gasteiger partial charge in [0.25, 0.3) is 10.0 Å². The summed E-state index contributed by atoms with van der Waals surface area (Å²) < 4.78 is 28.7. The number of hydrogen-bond acceptors (Lipinski definition) is 4. The Morgan fingerprint density at radius 2 is 1.60 bits per heavy atom. The molecule has 212 valence electrons. The molecule has 0 aromatic heterocycles. The Balaban J connectivity index is 1.66. The zero-order valence-corrected chi connectivity index (χ0v) is 24.3. The summed E-state index contributed by atoms with van der Waals surface area (Å²) in [6, 6.07) is 23.5. The first-order valence-corrected chi connectivity index (χ1v) is 15.6. The maximum atomic E-state index is 14.1. The average Bonchev–Trinajstić information content (AvgIpc) is 3.47. The minimum absolute atomic E-state index is 0.0598. The molecule has 1 aliphatic rings. The van der Waals surface area contributed by atoms with E-state index < -0.39 is 28.5 Å². The molecule has 7 nitrogen and oxygen atoms in total. The molecule has 4 rings (SSSR count). The third-order valence-electron chi connectivity index (χ3n) is 7.28. The van der Waals surface area contributed by atoms with Gasteiger partial charge in [-0.3, -0.25) is 13.9 Å². The number of carbonyl (C=O) groups is 2. The molecule has 3 aromatic rings. The van der Waals surface area contributed by atoms with Gasteiger partial charge in [-0.25, -0.2) is 8.42 Å². The Morgan fingerprint density at radius 3 is 2.23 bits per heavy atom. The summed E-state index contributed by atoms with van der Waals surface area (Å²) in [6.45, 7) is 1.67. The van der Waals surface area contributed by atoms with E-state index in [0.29, 0.717) is 17.9 Å². The molecule has 0 radical (unpaired) electrons. The van der Waals surface area contributed by atoms with Crippen molar-refractivity contribution in [3.05, 3.63) is 95.5 Å². The molecular weight excluding hydrogens is 546 g/mol. The summed E-state index contributed by atoms with van der Waals surface area (Å²) in [5, 5.41) is 3.48. The van der Waals surface area contributed by atoms with Crippen molar-refractivity contribution in [2.24, 2.45) is 0 Å². The molecule has 1 atom stereocenters. The summed E-state index contributed by atoms with van der Waals surface area (Å²) in [6.07, 6.45) is 4.94. The molecule has 0 aliphatic heterocycles. The van der Waals surface area contributed by atoms with Crippen LogP contribution in [-0.4, -0.2) is 50.3 Å².